The molecule has 0 spiro atoms. The van der Waals surface area contributed by atoms with Gasteiger partial charge in [0.15, 0.2) is 0 Å². The maximum atomic E-state index is 11.9. The monoisotopic (exact) mass is 303 g/mol. The van der Waals surface area contributed by atoms with E-state index in [1.807, 2.05) is 25.2 Å². The van der Waals surface area contributed by atoms with Crippen molar-refractivity contribution >= 4 is 11.6 Å². The van der Waals surface area contributed by atoms with Crippen LogP contribution in [-0.4, -0.2) is 50.6 Å². The van der Waals surface area contributed by atoms with E-state index in [9.17, 15) is 4.79 Å². The van der Waals surface area contributed by atoms with E-state index in [4.69, 9.17) is 0 Å². The summed E-state index contributed by atoms with van der Waals surface area (Å²) in [4.78, 5) is 16.3. The average Bonchev–Trinajstić information content (AvgIpc) is 3.36. The Morgan fingerprint density at radius 3 is 2.59 bits per heavy atom. The summed E-state index contributed by atoms with van der Waals surface area (Å²) < 4.78 is 0. The van der Waals surface area contributed by atoms with E-state index >= 15 is 0 Å². The van der Waals surface area contributed by atoms with Crippen molar-refractivity contribution in [2.24, 2.45) is 5.92 Å². The third-order valence-corrected chi connectivity index (χ3v) is 4.58. The Morgan fingerprint density at radius 2 is 1.95 bits per heavy atom. The van der Waals surface area contributed by atoms with Gasteiger partial charge in [0.2, 0.25) is 5.91 Å². The van der Waals surface area contributed by atoms with E-state index in [-0.39, 0.29) is 5.91 Å². The topological polar surface area (TPSA) is 35.6 Å². The molecule has 1 unspecified atom stereocenters. The van der Waals surface area contributed by atoms with Crippen molar-refractivity contribution in [3.8, 4) is 0 Å². The van der Waals surface area contributed by atoms with Crippen LogP contribution in [0, 0.1) is 5.92 Å². The quantitative estimate of drug-likeness (QED) is 0.711. The molecular formula is C18H29N3O. The second-order valence-electron chi connectivity index (χ2n) is 6.45. The number of anilines is 1. The van der Waals surface area contributed by atoms with E-state index < -0.39 is 0 Å². The van der Waals surface area contributed by atoms with Crippen molar-refractivity contribution in [3.63, 3.8) is 0 Å². The van der Waals surface area contributed by atoms with E-state index in [1.54, 1.807) is 0 Å². The fraction of sp³-hybridized carbons (Fsp3) is 0.611. The van der Waals surface area contributed by atoms with Gasteiger partial charge < -0.3 is 10.2 Å². The number of amides is 1. The van der Waals surface area contributed by atoms with Crippen LogP contribution in [-0.2, 0) is 4.79 Å². The predicted molar refractivity (Wildman–Crippen MR) is 92.2 cm³/mol. The second kappa shape index (κ2) is 8.18. The molecule has 0 aliphatic heterocycles. The van der Waals surface area contributed by atoms with E-state index in [0.717, 1.165) is 25.4 Å². The van der Waals surface area contributed by atoms with Crippen molar-refractivity contribution in [1.82, 2.24) is 10.2 Å². The Kier molecular flexibility index (Phi) is 6.25. The first-order chi connectivity index (χ1) is 10.6. The number of nitrogens with one attached hydrogen (secondary N) is 1. The van der Waals surface area contributed by atoms with Gasteiger partial charge in [0.25, 0.3) is 0 Å². The average molecular weight is 303 g/mol. The Bertz CT molecular complexity index is 459. The number of nitrogens with zero attached hydrogens (tertiary/aromatic N) is 2. The lowest BCUT2D eigenvalue weighted by atomic mass is 10.2. The summed E-state index contributed by atoms with van der Waals surface area (Å²) >= 11 is 0. The van der Waals surface area contributed by atoms with Crippen LogP contribution in [0.1, 0.15) is 26.2 Å². The van der Waals surface area contributed by atoms with Crippen LogP contribution in [0.15, 0.2) is 30.3 Å². The maximum absolute atomic E-state index is 11.9. The summed E-state index contributed by atoms with van der Waals surface area (Å²) in [5, 5.41) is 3.03. The molecule has 22 heavy (non-hydrogen) atoms. The zero-order chi connectivity index (χ0) is 15.9. The molecule has 0 radical (unpaired) electrons. The van der Waals surface area contributed by atoms with Crippen LogP contribution in [0.3, 0.4) is 0 Å². The number of rotatable bonds is 9. The third kappa shape index (κ3) is 5.34. The Balaban J connectivity index is 1.58. The highest BCUT2D eigenvalue weighted by Crippen LogP contribution is 2.34. The highest BCUT2D eigenvalue weighted by atomic mass is 16.2. The first-order valence-corrected chi connectivity index (χ1v) is 8.31. The predicted octanol–water partition coefficient (Wildman–Crippen LogP) is 2.36. The molecular weight excluding hydrogens is 274 g/mol. The van der Waals surface area contributed by atoms with Gasteiger partial charge in [-0.15, -0.1) is 0 Å². The van der Waals surface area contributed by atoms with Gasteiger partial charge in [-0.1, -0.05) is 18.2 Å². The standard InChI is InChI=1S/C18H29N3O/c1-15(16-10-11-16)21(3)14-18(22)19-12-7-13-20(2)17-8-5-4-6-9-17/h4-6,8-9,15-16H,7,10-14H2,1-3H3,(H,19,22). The summed E-state index contributed by atoms with van der Waals surface area (Å²) in [6, 6.07) is 10.8. The summed E-state index contributed by atoms with van der Waals surface area (Å²) in [6.45, 7) is 4.41. The van der Waals surface area contributed by atoms with E-state index in [2.05, 4.69) is 41.2 Å². The molecule has 4 heteroatoms. The van der Waals surface area contributed by atoms with Gasteiger partial charge >= 0.3 is 0 Å². The Hall–Kier alpha value is -1.55. The highest BCUT2D eigenvalue weighted by molar-refractivity contribution is 5.77. The fourth-order valence-electron chi connectivity index (χ4n) is 2.72. The number of hydrogen-bond acceptors (Lipinski definition) is 3. The molecule has 0 aromatic heterocycles. The van der Waals surface area contributed by atoms with Crippen LogP contribution in [0.5, 0.6) is 0 Å². The van der Waals surface area contributed by atoms with Crippen LogP contribution in [0.2, 0.25) is 0 Å². The maximum Gasteiger partial charge on any atom is 0.234 e. The molecule has 0 saturated heterocycles. The summed E-state index contributed by atoms with van der Waals surface area (Å²) in [5.41, 5.74) is 1.21. The van der Waals surface area contributed by atoms with Gasteiger partial charge in [0, 0.05) is 31.9 Å². The summed E-state index contributed by atoms with van der Waals surface area (Å²) in [5.74, 6) is 0.940. The molecule has 1 saturated carbocycles. The van der Waals surface area contributed by atoms with Gasteiger partial charge in [0.05, 0.1) is 6.54 Å². The van der Waals surface area contributed by atoms with Gasteiger partial charge in [0.1, 0.15) is 0 Å². The van der Waals surface area contributed by atoms with Gasteiger partial charge in [-0.3, -0.25) is 9.69 Å². The smallest absolute Gasteiger partial charge is 0.234 e. The lowest BCUT2D eigenvalue weighted by Gasteiger charge is -2.24. The lowest BCUT2D eigenvalue weighted by Crippen LogP contribution is -2.40. The first-order valence-electron chi connectivity index (χ1n) is 8.31. The molecule has 2 rings (SSSR count). The van der Waals surface area contributed by atoms with Crippen molar-refractivity contribution in [2.75, 3.05) is 38.6 Å². The van der Waals surface area contributed by atoms with Crippen molar-refractivity contribution in [2.45, 2.75) is 32.2 Å². The van der Waals surface area contributed by atoms with Crippen molar-refractivity contribution in [1.29, 1.82) is 0 Å². The Labute approximate surface area is 134 Å². The normalized spacial score (nSPS) is 15.6. The minimum absolute atomic E-state index is 0.136. The van der Waals surface area contributed by atoms with Crippen LogP contribution in [0.25, 0.3) is 0 Å². The highest BCUT2D eigenvalue weighted by Gasteiger charge is 2.30. The summed E-state index contributed by atoms with van der Waals surface area (Å²) in [6.07, 6.45) is 3.59. The number of benzene rings is 1. The Morgan fingerprint density at radius 1 is 1.27 bits per heavy atom. The summed E-state index contributed by atoms with van der Waals surface area (Å²) in [7, 11) is 4.13. The molecule has 1 aliphatic rings. The molecule has 1 aliphatic carbocycles. The third-order valence-electron chi connectivity index (χ3n) is 4.58. The van der Waals surface area contributed by atoms with Crippen molar-refractivity contribution < 1.29 is 4.79 Å². The molecule has 1 atom stereocenters. The molecule has 4 nitrogen and oxygen atoms in total. The number of para-hydroxylation sites is 1. The molecule has 1 aromatic rings. The molecule has 1 amide bonds. The largest absolute Gasteiger partial charge is 0.375 e. The number of likely N-dealkylation sites (N-methyl/N-ethyl adjacent to an activating group) is 1. The van der Waals surface area contributed by atoms with Crippen molar-refractivity contribution in [3.05, 3.63) is 30.3 Å². The van der Waals surface area contributed by atoms with E-state index in [0.29, 0.717) is 12.6 Å². The van der Waals surface area contributed by atoms with Gasteiger partial charge in [-0.2, -0.15) is 0 Å². The van der Waals surface area contributed by atoms with Gasteiger partial charge in [-0.05, 0) is 51.3 Å². The van der Waals surface area contributed by atoms with Crippen LogP contribution in [0.4, 0.5) is 5.69 Å². The molecule has 1 fully saturated rings. The first kappa shape index (κ1) is 16.8. The minimum atomic E-state index is 0.136. The lowest BCUT2D eigenvalue weighted by molar-refractivity contribution is -0.122. The van der Waals surface area contributed by atoms with Gasteiger partial charge in [-0.25, -0.2) is 0 Å². The van der Waals surface area contributed by atoms with Crippen LogP contribution >= 0.6 is 0 Å². The number of hydrogen-bond donors (Lipinski definition) is 1. The zero-order valence-electron chi connectivity index (χ0n) is 14.1. The second-order valence-corrected chi connectivity index (χ2v) is 6.45. The molecule has 122 valence electrons. The fourth-order valence-corrected chi connectivity index (χ4v) is 2.72. The molecule has 0 bridgehead atoms. The number of carbonyl (C=O) groups excluding carboxylic acids is 1. The molecule has 1 N–H and O–H groups in total. The minimum Gasteiger partial charge on any atom is -0.375 e. The molecule has 1 aromatic carbocycles. The van der Waals surface area contributed by atoms with E-state index in [1.165, 1.54) is 18.5 Å². The van der Waals surface area contributed by atoms with Crippen LogP contribution < -0.4 is 10.2 Å². The molecule has 0 heterocycles. The zero-order valence-corrected chi connectivity index (χ0v) is 14.1. The SMILES string of the molecule is CC(C1CC1)N(C)CC(=O)NCCCN(C)c1ccccc1. The number of carbonyl (C=O) groups is 1.